The Morgan fingerprint density at radius 3 is 2.45 bits per heavy atom. The maximum atomic E-state index is 10.0. The Morgan fingerprint density at radius 2 is 2.00 bits per heavy atom. The zero-order valence-electron chi connectivity index (χ0n) is 5.48. The molecule has 4 nitrogen and oxygen atoms in total. The number of rotatable bonds is 2. The van der Waals surface area contributed by atoms with E-state index in [2.05, 4.69) is 10.4 Å². The van der Waals surface area contributed by atoms with E-state index in [0.29, 0.717) is 0 Å². The molecule has 0 heterocycles. The van der Waals surface area contributed by atoms with Crippen molar-refractivity contribution in [2.75, 3.05) is 0 Å². The molecule has 0 bridgehead atoms. The highest BCUT2D eigenvalue weighted by atomic mass is 35.5. The maximum absolute atomic E-state index is 10.0. The highest BCUT2D eigenvalue weighted by Crippen LogP contribution is 2.19. The molecule has 0 spiro atoms. The Bertz CT molecular complexity index is 237. The van der Waals surface area contributed by atoms with Gasteiger partial charge in [0.05, 0.1) is 0 Å². The van der Waals surface area contributed by atoms with Gasteiger partial charge in [0.2, 0.25) is 0 Å². The molecule has 1 rings (SSSR count). The second-order valence-corrected chi connectivity index (χ2v) is 2.52. The SMILES string of the molecule is O=NC1C=CC(N=O)C(Cl)=C1. The zero-order valence-corrected chi connectivity index (χ0v) is 6.23. The molecular formula is C6H5ClN2O2. The van der Waals surface area contributed by atoms with E-state index in [0.717, 1.165) is 0 Å². The van der Waals surface area contributed by atoms with Gasteiger partial charge in [-0.3, -0.25) is 0 Å². The van der Waals surface area contributed by atoms with Crippen LogP contribution in [0.3, 0.4) is 0 Å². The molecule has 0 N–H and O–H groups in total. The summed E-state index contributed by atoms with van der Waals surface area (Å²) in [5.74, 6) is 0. The largest absolute Gasteiger partial charge is 0.150 e. The van der Waals surface area contributed by atoms with Crippen LogP contribution in [0.25, 0.3) is 0 Å². The Hall–Kier alpha value is -1.03. The molecule has 1 aliphatic carbocycles. The van der Waals surface area contributed by atoms with Crippen LogP contribution >= 0.6 is 11.6 Å². The number of hydrogen-bond acceptors (Lipinski definition) is 4. The zero-order chi connectivity index (χ0) is 8.27. The smallest absolute Gasteiger partial charge is 0.145 e. The number of nitrogens with zero attached hydrogens (tertiary/aromatic N) is 2. The van der Waals surface area contributed by atoms with Gasteiger partial charge in [0.1, 0.15) is 12.1 Å². The van der Waals surface area contributed by atoms with Gasteiger partial charge in [0, 0.05) is 5.03 Å². The molecule has 2 atom stereocenters. The van der Waals surface area contributed by atoms with Gasteiger partial charge in [0.25, 0.3) is 0 Å². The maximum Gasteiger partial charge on any atom is 0.145 e. The third-order valence-electron chi connectivity index (χ3n) is 1.34. The van der Waals surface area contributed by atoms with Crippen LogP contribution in [0.1, 0.15) is 0 Å². The minimum Gasteiger partial charge on any atom is -0.150 e. The summed E-state index contributed by atoms with van der Waals surface area (Å²) in [5.41, 5.74) is 0. The van der Waals surface area contributed by atoms with Crippen molar-refractivity contribution in [1.82, 2.24) is 0 Å². The molecule has 5 heteroatoms. The normalized spacial score (nSPS) is 29.4. The molecule has 2 unspecified atom stereocenters. The van der Waals surface area contributed by atoms with Gasteiger partial charge in [-0.1, -0.05) is 34.1 Å². The average molecular weight is 173 g/mol. The van der Waals surface area contributed by atoms with E-state index in [1.165, 1.54) is 18.2 Å². The first-order valence-electron chi connectivity index (χ1n) is 2.98. The molecule has 0 aromatic heterocycles. The van der Waals surface area contributed by atoms with Crippen LogP contribution in [0, 0.1) is 9.81 Å². The molecule has 0 amide bonds. The fraction of sp³-hybridized carbons (Fsp3) is 0.333. The van der Waals surface area contributed by atoms with E-state index in [1.54, 1.807) is 0 Å². The standard InChI is InChI=1S/C6H5ClN2O2/c7-5-3-4(8-10)1-2-6(5)9-11/h1-4,6H. The van der Waals surface area contributed by atoms with Crippen LogP contribution in [0.5, 0.6) is 0 Å². The number of nitroso groups, excluding NO2 is 2. The molecule has 0 aromatic rings. The Morgan fingerprint density at radius 1 is 1.27 bits per heavy atom. The molecule has 0 aliphatic heterocycles. The van der Waals surface area contributed by atoms with Gasteiger partial charge in [-0.2, -0.15) is 0 Å². The van der Waals surface area contributed by atoms with Crippen LogP contribution in [0.4, 0.5) is 0 Å². The summed E-state index contributed by atoms with van der Waals surface area (Å²) in [7, 11) is 0. The van der Waals surface area contributed by atoms with Crippen molar-refractivity contribution in [3.05, 3.63) is 33.1 Å². The molecule has 58 valence electrons. The summed E-state index contributed by atoms with van der Waals surface area (Å²) in [6.45, 7) is 0. The van der Waals surface area contributed by atoms with Crippen LogP contribution in [0.2, 0.25) is 0 Å². The topological polar surface area (TPSA) is 58.9 Å². The van der Waals surface area contributed by atoms with Crippen molar-refractivity contribution >= 4 is 11.6 Å². The van der Waals surface area contributed by atoms with Gasteiger partial charge in [-0.25, -0.2) is 0 Å². The molecule has 11 heavy (non-hydrogen) atoms. The Balaban J connectivity index is 2.78. The van der Waals surface area contributed by atoms with Crippen LogP contribution in [0.15, 0.2) is 33.6 Å². The summed E-state index contributed by atoms with van der Waals surface area (Å²) in [4.78, 5) is 20.0. The molecule has 0 saturated heterocycles. The van der Waals surface area contributed by atoms with E-state index in [4.69, 9.17) is 11.6 Å². The highest BCUT2D eigenvalue weighted by Gasteiger charge is 2.16. The Kier molecular flexibility index (Phi) is 2.48. The molecule has 0 fully saturated rings. The summed E-state index contributed by atoms with van der Waals surface area (Å²) in [5, 5.41) is 5.70. The lowest BCUT2D eigenvalue weighted by Gasteiger charge is -2.08. The van der Waals surface area contributed by atoms with E-state index in [9.17, 15) is 9.81 Å². The third kappa shape index (κ3) is 1.71. The third-order valence-corrected chi connectivity index (χ3v) is 1.69. The molecular weight excluding hydrogens is 168 g/mol. The number of hydrogen-bond donors (Lipinski definition) is 0. The first-order valence-corrected chi connectivity index (χ1v) is 3.36. The van der Waals surface area contributed by atoms with E-state index in [1.807, 2.05) is 0 Å². The summed E-state index contributed by atoms with van der Waals surface area (Å²) < 4.78 is 0. The van der Waals surface area contributed by atoms with Crippen LogP contribution < -0.4 is 0 Å². The monoisotopic (exact) mass is 172 g/mol. The van der Waals surface area contributed by atoms with Crippen LogP contribution in [-0.4, -0.2) is 12.1 Å². The fourth-order valence-corrected chi connectivity index (χ4v) is 1.02. The molecule has 0 radical (unpaired) electrons. The quantitative estimate of drug-likeness (QED) is 0.472. The number of halogens is 1. The van der Waals surface area contributed by atoms with Crippen molar-refractivity contribution in [3.8, 4) is 0 Å². The highest BCUT2D eigenvalue weighted by molar-refractivity contribution is 6.30. The predicted octanol–water partition coefficient (Wildman–Crippen LogP) is 1.95. The average Bonchev–Trinajstić information content (AvgIpc) is 2.04. The lowest BCUT2D eigenvalue weighted by molar-refractivity contribution is 0.899. The van der Waals surface area contributed by atoms with E-state index < -0.39 is 12.1 Å². The second-order valence-electron chi connectivity index (χ2n) is 2.08. The van der Waals surface area contributed by atoms with Crippen molar-refractivity contribution in [3.63, 3.8) is 0 Å². The van der Waals surface area contributed by atoms with Crippen molar-refractivity contribution in [2.45, 2.75) is 12.1 Å². The molecule has 0 aromatic carbocycles. The van der Waals surface area contributed by atoms with Crippen LogP contribution in [-0.2, 0) is 0 Å². The lowest BCUT2D eigenvalue weighted by atomic mass is 10.1. The fourth-order valence-electron chi connectivity index (χ4n) is 0.779. The van der Waals surface area contributed by atoms with Gasteiger partial charge in [-0.15, -0.1) is 9.81 Å². The Labute approximate surface area is 67.9 Å². The minimum atomic E-state index is -0.644. The first kappa shape index (κ1) is 8.07. The lowest BCUT2D eigenvalue weighted by Crippen LogP contribution is -2.09. The van der Waals surface area contributed by atoms with Gasteiger partial charge in [0.15, 0.2) is 0 Å². The van der Waals surface area contributed by atoms with E-state index >= 15 is 0 Å². The summed E-state index contributed by atoms with van der Waals surface area (Å²) >= 11 is 5.57. The van der Waals surface area contributed by atoms with Crippen molar-refractivity contribution in [1.29, 1.82) is 0 Å². The van der Waals surface area contributed by atoms with Gasteiger partial charge < -0.3 is 0 Å². The predicted molar refractivity (Wildman–Crippen MR) is 42.2 cm³/mol. The van der Waals surface area contributed by atoms with Gasteiger partial charge >= 0.3 is 0 Å². The van der Waals surface area contributed by atoms with Crippen molar-refractivity contribution < 1.29 is 0 Å². The minimum absolute atomic E-state index is 0.257. The molecule has 1 aliphatic rings. The second kappa shape index (κ2) is 3.39. The van der Waals surface area contributed by atoms with E-state index in [-0.39, 0.29) is 5.03 Å². The molecule has 0 saturated carbocycles. The summed E-state index contributed by atoms with van der Waals surface area (Å²) in [6, 6.07) is -1.20. The van der Waals surface area contributed by atoms with Crippen molar-refractivity contribution in [2.24, 2.45) is 10.4 Å². The first-order chi connectivity index (χ1) is 5.27. The summed E-state index contributed by atoms with van der Waals surface area (Å²) in [6.07, 6.45) is 4.35. The van der Waals surface area contributed by atoms with Gasteiger partial charge in [-0.05, 0) is 6.08 Å².